The number of thiazole rings is 1. The molecule has 0 atom stereocenters. The minimum atomic E-state index is -0.109. The van der Waals surface area contributed by atoms with E-state index in [1.807, 2.05) is 31.2 Å². The molecule has 0 bridgehead atoms. The van der Waals surface area contributed by atoms with Crippen molar-refractivity contribution in [3.05, 3.63) is 34.7 Å². The van der Waals surface area contributed by atoms with Crippen LogP contribution in [-0.4, -0.2) is 41.1 Å². The minimum absolute atomic E-state index is 0.109. The van der Waals surface area contributed by atoms with Gasteiger partial charge in [-0.2, -0.15) is 0 Å². The van der Waals surface area contributed by atoms with Gasteiger partial charge in [0, 0.05) is 41.8 Å². The molecule has 1 aromatic carbocycles. The average Bonchev–Trinajstić information content (AvgIpc) is 3.37. The highest BCUT2D eigenvalue weighted by Crippen LogP contribution is 2.29. The Labute approximate surface area is 152 Å². The van der Waals surface area contributed by atoms with Crippen molar-refractivity contribution in [3.8, 4) is 11.3 Å². The molecular formula is C19H24N4OS. The van der Waals surface area contributed by atoms with E-state index < -0.39 is 0 Å². The molecule has 2 fully saturated rings. The summed E-state index contributed by atoms with van der Waals surface area (Å²) in [5, 5.41) is 9.16. The molecule has 1 saturated heterocycles. The van der Waals surface area contributed by atoms with Crippen LogP contribution in [0.4, 0.5) is 10.5 Å². The van der Waals surface area contributed by atoms with Gasteiger partial charge in [0.1, 0.15) is 0 Å². The van der Waals surface area contributed by atoms with E-state index >= 15 is 0 Å². The molecule has 4 rings (SSSR count). The molecule has 2 aliphatic rings. The van der Waals surface area contributed by atoms with E-state index in [0.717, 1.165) is 53.9 Å². The zero-order valence-electron chi connectivity index (χ0n) is 14.5. The van der Waals surface area contributed by atoms with E-state index in [9.17, 15) is 4.79 Å². The number of urea groups is 1. The van der Waals surface area contributed by atoms with Crippen molar-refractivity contribution < 1.29 is 4.79 Å². The number of hydrogen-bond acceptors (Lipinski definition) is 4. The Morgan fingerprint density at radius 2 is 1.88 bits per heavy atom. The summed E-state index contributed by atoms with van der Waals surface area (Å²) < 4.78 is 0. The number of amides is 2. The second kappa shape index (κ2) is 7.14. The van der Waals surface area contributed by atoms with Crippen LogP contribution in [0, 0.1) is 6.92 Å². The third kappa shape index (κ3) is 4.19. The van der Waals surface area contributed by atoms with Crippen molar-refractivity contribution in [3.63, 3.8) is 0 Å². The molecular weight excluding hydrogens is 332 g/mol. The number of carbonyl (C=O) groups excluding carboxylic acids is 1. The van der Waals surface area contributed by atoms with Crippen LogP contribution >= 0.6 is 11.3 Å². The Balaban J connectivity index is 1.27. The SMILES string of the molecule is Cc1nc(-c2ccc(NC(=O)NC3CCN(C4CC4)CC3)cc2)cs1. The zero-order valence-corrected chi connectivity index (χ0v) is 15.3. The highest BCUT2D eigenvalue weighted by atomic mass is 32.1. The van der Waals surface area contributed by atoms with Gasteiger partial charge in [-0.3, -0.25) is 0 Å². The van der Waals surface area contributed by atoms with Gasteiger partial charge in [0.15, 0.2) is 0 Å². The molecule has 25 heavy (non-hydrogen) atoms. The zero-order chi connectivity index (χ0) is 17.2. The molecule has 2 N–H and O–H groups in total. The topological polar surface area (TPSA) is 57.3 Å². The number of rotatable bonds is 4. The normalized spacial score (nSPS) is 18.9. The predicted molar refractivity (Wildman–Crippen MR) is 102 cm³/mol. The van der Waals surface area contributed by atoms with Gasteiger partial charge in [-0.25, -0.2) is 9.78 Å². The summed E-state index contributed by atoms with van der Waals surface area (Å²) in [6.07, 6.45) is 4.81. The summed E-state index contributed by atoms with van der Waals surface area (Å²) in [5.41, 5.74) is 2.87. The van der Waals surface area contributed by atoms with Gasteiger partial charge in [-0.1, -0.05) is 12.1 Å². The highest BCUT2D eigenvalue weighted by Gasteiger charge is 2.32. The maximum atomic E-state index is 12.2. The minimum Gasteiger partial charge on any atom is -0.335 e. The first-order valence-electron chi connectivity index (χ1n) is 9.01. The highest BCUT2D eigenvalue weighted by molar-refractivity contribution is 7.09. The summed E-state index contributed by atoms with van der Waals surface area (Å²) in [7, 11) is 0. The first-order valence-corrected chi connectivity index (χ1v) is 9.89. The van der Waals surface area contributed by atoms with Crippen molar-refractivity contribution in [2.45, 2.75) is 44.7 Å². The van der Waals surface area contributed by atoms with Crippen LogP contribution < -0.4 is 10.6 Å². The first kappa shape index (κ1) is 16.5. The van der Waals surface area contributed by atoms with E-state index in [-0.39, 0.29) is 12.1 Å². The molecule has 1 saturated carbocycles. The monoisotopic (exact) mass is 356 g/mol. The lowest BCUT2D eigenvalue weighted by Gasteiger charge is -2.32. The van der Waals surface area contributed by atoms with Crippen LogP contribution in [0.25, 0.3) is 11.3 Å². The number of aryl methyl sites for hydroxylation is 1. The Morgan fingerprint density at radius 3 is 2.48 bits per heavy atom. The van der Waals surface area contributed by atoms with Crippen LogP contribution in [0.15, 0.2) is 29.6 Å². The quantitative estimate of drug-likeness (QED) is 0.874. The summed E-state index contributed by atoms with van der Waals surface area (Å²) in [5.74, 6) is 0. The molecule has 6 heteroatoms. The molecule has 132 valence electrons. The molecule has 0 spiro atoms. The Kier molecular flexibility index (Phi) is 4.72. The van der Waals surface area contributed by atoms with Gasteiger partial charge < -0.3 is 15.5 Å². The molecule has 1 aliphatic heterocycles. The summed E-state index contributed by atoms with van der Waals surface area (Å²) in [6, 6.07) is 8.86. The molecule has 1 aliphatic carbocycles. The number of benzene rings is 1. The third-order valence-corrected chi connectivity index (χ3v) is 5.76. The maximum Gasteiger partial charge on any atom is 0.319 e. The van der Waals surface area contributed by atoms with Crippen LogP contribution in [0.1, 0.15) is 30.7 Å². The van der Waals surface area contributed by atoms with Gasteiger partial charge in [-0.05, 0) is 44.7 Å². The second-order valence-electron chi connectivity index (χ2n) is 6.97. The number of likely N-dealkylation sites (tertiary alicyclic amines) is 1. The van der Waals surface area contributed by atoms with Crippen molar-refractivity contribution in [2.75, 3.05) is 18.4 Å². The summed E-state index contributed by atoms with van der Waals surface area (Å²) in [6.45, 7) is 4.22. The summed E-state index contributed by atoms with van der Waals surface area (Å²) >= 11 is 1.64. The number of nitrogens with one attached hydrogen (secondary N) is 2. The van der Waals surface area contributed by atoms with Crippen LogP contribution in [-0.2, 0) is 0 Å². The van der Waals surface area contributed by atoms with Gasteiger partial charge in [0.05, 0.1) is 10.7 Å². The lowest BCUT2D eigenvalue weighted by atomic mass is 10.1. The van der Waals surface area contributed by atoms with Crippen molar-refractivity contribution in [2.24, 2.45) is 0 Å². The molecule has 2 aromatic rings. The number of piperidine rings is 1. The van der Waals surface area contributed by atoms with Gasteiger partial charge in [-0.15, -0.1) is 11.3 Å². The van der Waals surface area contributed by atoms with Crippen molar-refractivity contribution in [1.82, 2.24) is 15.2 Å². The molecule has 1 aromatic heterocycles. The fourth-order valence-corrected chi connectivity index (χ4v) is 4.04. The lowest BCUT2D eigenvalue weighted by Crippen LogP contribution is -2.46. The number of aromatic nitrogens is 1. The maximum absolute atomic E-state index is 12.2. The van der Waals surface area contributed by atoms with Gasteiger partial charge in [0.25, 0.3) is 0 Å². The van der Waals surface area contributed by atoms with E-state index in [2.05, 4.69) is 25.9 Å². The van der Waals surface area contributed by atoms with Crippen LogP contribution in [0.3, 0.4) is 0 Å². The molecule has 2 amide bonds. The molecule has 0 unspecified atom stereocenters. The van der Waals surface area contributed by atoms with E-state index in [4.69, 9.17) is 0 Å². The Bertz CT molecular complexity index is 730. The van der Waals surface area contributed by atoms with E-state index in [0.29, 0.717) is 0 Å². The van der Waals surface area contributed by atoms with Crippen LogP contribution in [0.2, 0.25) is 0 Å². The summed E-state index contributed by atoms with van der Waals surface area (Å²) in [4.78, 5) is 19.3. The smallest absolute Gasteiger partial charge is 0.319 e. The van der Waals surface area contributed by atoms with E-state index in [1.54, 1.807) is 11.3 Å². The fourth-order valence-electron chi connectivity index (χ4n) is 3.42. The first-order chi connectivity index (χ1) is 12.2. The number of anilines is 1. The average molecular weight is 356 g/mol. The van der Waals surface area contributed by atoms with E-state index in [1.165, 1.54) is 12.8 Å². The van der Waals surface area contributed by atoms with Gasteiger partial charge in [0.2, 0.25) is 0 Å². The van der Waals surface area contributed by atoms with Crippen molar-refractivity contribution >= 4 is 23.1 Å². The second-order valence-corrected chi connectivity index (χ2v) is 8.03. The molecule has 2 heterocycles. The number of nitrogens with zero attached hydrogens (tertiary/aromatic N) is 2. The van der Waals surface area contributed by atoms with Crippen LogP contribution in [0.5, 0.6) is 0 Å². The number of carbonyl (C=O) groups is 1. The molecule has 5 nitrogen and oxygen atoms in total. The standard InChI is InChI=1S/C19H24N4OS/c1-13-20-18(12-25-13)14-2-4-15(5-3-14)21-19(24)22-16-8-10-23(11-9-16)17-6-7-17/h2-5,12,16-17H,6-11H2,1H3,(H2,21,22,24). The third-order valence-electron chi connectivity index (χ3n) is 4.99. The Morgan fingerprint density at radius 1 is 1.16 bits per heavy atom. The number of hydrogen-bond donors (Lipinski definition) is 2. The molecule has 0 radical (unpaired) electrons. The fraction of sp³-hybridized carbons (Fsp3) is 0.474. The lowest BCUT2D eigenvalue weighted by molar-refractivity contribution is 0.189. The largest absolute Gasteiger partial charge is 0.335 e. The van der Waals surface area contributed by atoms with Crippen molar-refractivity contribution in [1.29, 1.82) is 0 Å². The van der Waals surface area contributed by atoms with Gasteiger partial charge >= 0.3 is 6.03 Å². The Hall–Kier alpha value is -1.92. The predicted octanol–water partition coefficient (Wildman–Crippen LogP) is 3.87.